The molecule has 0 saturated heterocycles. The van der Waals surface area contributed by atoms with Gasteiger partial charge in [0.2, 0.25) is 0 Å². The van der Waals surface area contributed by atoms with Gasteiger partial charge < -0.3 is 5.73 Å². The first-order valence-corrected chi connectivity index (χ1v) is 6.24. The first kappa shape index (κ1) is 12.6. The van der Waals surface area contributed by atoms with Crippen molar-refractivity contribution in [3.8, 4) is 22.4 Å². The van der Waals surface area contributed by atoms with E-state index in [1.165, 1.54) is 6.20 Å². The predicted octanol–water partition coefficient (Wildman–Crippen LogP) is 3.51. The topological polar surface area (TPSA) is 67.6 Å². The summed E-state index contributed by atoms with van der Waals surface area (Å²) in [6.45, 7) is 0. The van der Waals surface area contributed by atoms with Crippen LogP contribution in [0.25, 0.3) is 22.4 Å². The highest BCUT2D eigenvalue weighted by atomic mass is 35.5. The maximum Gasteiger partial charge on any atom is 0.153 e. The Labute approximate surface area is 119 Å². The number of halogens is 2. The molecule has 0 aliphatic rings. The Bertz CT molecular complexity index is 769. The fourth-order valence-corrected chi connectivity index (χ4v) is 2.26. The molecule has 2 heterocycles. The number of nitrogens with zero attached hydrogens (tertiary/aromatic N) is 2. The van der Waals surface area contributed by atoms with E-state index in [4.69, 9.17) is 17.3 Å². The van der Waals surface area contributed by atoms with Crippen molar-refractivity contribution < 1.29 is 4.39 Å². The van der Waals surface area contributed by atoms with Gasteiger partial charge in [0.25, 0.3) is 0 Å². The molecule has 0 radical (unpaired) electrons. The van der Waals surface area contributed by atoms with Gasteiger partial charge in [0, 0.05) is 16.8 Å². The average Bonchev–Trinajstić information content (AvgIpc) is 2.81. The van der Waals surface area contributed by atoms with Crippen molar-refractivity contribution in [3.05, 3.63) is 53.6 Å². The molecule has 3 rings (SSSR count). The Kier molecular flexibility index (Phi) is 3.12. The Morgan fingerprint density at radius 2 is 2.10 bits per heavy atom. The predicted molar refractivity (Wildman–Crippen MR) is 76.6 cm³/mol. The van der Waals surface area contributed by atoms with Gasteiger partial charge in [-0.3, -0.25) is 10.1 Å². The molecule has 20 heavy (non-hydrogen) atoms. The summed E-state index contributed by atoms with van der Waals surface area (Å²) in [6.07, 6.45) is 2.66. The number of hydrogen-bond acceptors (Lipinski definition) is 3. The summed E-state index contributed by atoms with van der Waals surface area (Å²) >= 11 is 5.99. The zero-order valence-corrected chi connectivity index (χ0v) is 11.0. The lowest BCUT2D eigenvalue weighted by Gasteiger charge is -2.06. The molecule has 0 bridgehead atoms. The van der Waals surface area contributed by atoms with Crippen LogP contribution in [0.5, 0.6) is 0 Å². The second-order valence-corrected chi connectivity index (χ2v) is 4.66. The van der Waals surface area contributed by atoms with E-state index in [1.54, 1.807) is 24.3 Å². The van der Waals surface area contributed by atoms with Crippen LogP contribution in [-0.2, 0) is 0 Å². The second-order valence-electron chi connectivity index (χ2n) is 4.22. The summed E-state index contributed by atoms with van der Waals surface area (Å²) in [7, 11) is 0. The average molecular weight is 289 g/mol. The van der Waals surface area contributed by atoms with Gasteiger partial charge in [0.1, 0.15) is 0 Å². The molecule has 0 aliphatic carbocycles. The fourth-order valence-electron chi connectivity index (χ4n) is 2.07. The number of H-pyrrole nitrogens is 1. The van der Waals surface area contributed by atoms with Gasteiger partial charge >= 0.3 is 0 Å². The van der Waals surface area contributed by atoms with Crippen LogP contribution in [-0.4, -0.2) is 15.2 Å². The van der Waals surface area contributed by atoms with Crippen molar-refractivity contribution >= 4 is 17.4 Å². The van der Waals surface area contributed by atoms with Crippen LogP contribution in [0.15, 0.2) is 42.7 Å². The third-order valence-corrected chi connectivity index (χ3v) is 3.18. The molecule has 3 N–H and O–H groups in total. The van der Waals surface area contributed by atoms with Gasteiger partial charge in [-0.25, -0.2) is 4.39 Å². The van der Waals surface area contributed by atoms with Gasteiger partial charge in [-0.15, -0.1) is 0 Å². The highest BCUT2D eigenvalue weighted by Gasteiger charge is 2.17. The number of rotatable bonds is 2. The molecule has 0 saturated carbocycles. The standard InChI is InChI=1S/C14H10ClFN4/c15-9-3-1-2-8(6-9)12-13(19-20-14(12)17)10-4-5-18-7-11(10)16/h1-7H,(H3,17,19,20). The molecule has 4 nitrogen and oxygen atoms in total. The SMILES string of the molecule is Nc1n[nH]c(-c2ccncc2F)c1-c1cccc(Cl)c1. The van der Waals surface area contributed by atoms with Crippen molar-refractivity contribution in [2.24, 2.45) is 0 Å². The van der Waals surface area contributed by atoms with Crippen LogP contribution in [0.3, 0.4) is 0 Å². The minimum absolute atomic E-state index is 0.290. The van der Waals surface area contributed by atoms with E-state index in [2.05, 4.69) is 15.2 Å². The molecule has 0 aliphatic heterocycles. The lowest BCUT2D eigenvalue weighted by Crippen LogP contribution is -1.91. The van der Waals surface area contributed by atoms with Crippen molar-refractivity contribution in [1.29, 1.82) is 0 Å². The number of aromatic amines is 1. The number of nitrogens with one attached hydrogen (secondary N) is 1. The van der Waals surface area contributed by atoms with Gasteiger partial charge in [0.15, 0.2) is 11.6 Å². The molecule has 2 aromatic heterocycles. The molecular weight excluding hydrogens is 279 g/mol. The van der Waals surface area contributed by atoms with E-state index in [9.17, 15) is 4.39 Å². The van der Waals surface area contributed by atoms with Gasteiger partial charge in [0.05, 0.1) is 17.5 Å². The van der Waals surface area contributed by atoms with E-state index in [0.29, 0.717) is 27.7 Å². The molecule has 3 aromatic rings. The Hall–Kier alpha value is -2.40. The number of aromatic nitrogens is 3. The number of nitrogen functional groups attached to an aromatic ring is 1. The normalized spacial score (nSPS) is 10.7. The van der Waals surface area contributed by atoms with E-state index in [0.717, 1.165) is 11.8 Å². The number of pyridine rings is 1. The minimum atomic E-state index is -0.445. The van der Waals surface area contributed by atoms with E-state index in [1.807, 2.05) is 6.07 Å². The first-order chi connectivity index (χ1) is 9.66. The maximum absolute atomic E-state index is 13.9. The molecule has 6 heteroatoms. The third-order valence-electron chi connectivity index (χ3n) is 2.95. The maximum atomic E-state index is 13.9. The Balaban J connectivity index is 2.23. The highest BCUT2D eigenvalue weighted by molar-refractivity contribution is 6.30. The van der Waals surface area contributed by atoms with Crippen molar-refractivity contribution in [1.82, 2.24) is 15.2 Å². The third kappa shape index (κ3) is 2.12. The molecule has 0 atom stereocenters. The summed E-state index contributed by atoms with van der Waals surface area (Å²) in [6, 6.07) is 8.72. The Morgan fingerprint density at radius 3 is 2.85 bits per heavy atom. The summed E-state index contributed by atoms with van der Waals surface area (Å²) < 4.78 is 13.9. The van der Waals surface area contributed by atoms with Crippen molar-refractivity contribution in [2.75, 3.05) is 5.73 Å². The smallest absolute Gasteiger partial charge is 0.153 e. The first-order valence-electron chi connectivity index (χ1n) is 5.86. The van der Waals surface area contributed by atoms with Crippen molar-refractivity contribution in [2.45, 2.75) is 0 Å². The number of anilines is 1. The van der Waals surface area contributed by atoms with Crippen LogP contribution in [0.4, 0.5) is 10.2 Å². The lowest BCUT2D eigenvalue weighted by molar-refractivity contribution is 0.624. The highest BCUT2D eigenvalue weighted by Crippen LogP contribution is 2.36. The summed E-state index contributed by atoms with van der Waals surface area (Å²) in [5.41, 5.74) is 8.15. The van der Waals surface area contributed by atoms with E-state index >= 15 is 0 Å². The molecule has 0 unspecified atom stereocenters. The van der Waals surface area contributed by atoms with Gasteiger partial charge in [-0.1, -0.05) is 23.7 Å². The second kappa shape index (κ2) is 4.94. The van der Waals surface area contributed by atoms with E-state index in [-0.39, 0.29) is 0 Å². The molecular formula is C14H10ClFN4. The largest absolute Gasteiger partial charge is 0.382 e. The summed E-state index contributed by atoms with van der Waals surface area (Å²) in [5, 5.41) is 7.30. The van der Waals surface area contributed by atoms with E-state index < -0.39 is 5.82 Å². The van der Waals surface area contributed by atoms with Gasteiger partial charge in [-0.05, 0) is 23.8 Å². The molecule has 0 amide bonds. The van der Waals surface area contributed by atoms with Crippen LogP contribution in [0, 0.1) is 5.82 Å². The molecule has 0 fully saturated rings. The monoisotopic (exact) mass is 288 g/mol. The number of benzene rings is 1. The van der Waals surface area contributed by atoms with Crippen LogP contribution in [0.2, 0.25) is 5.02 Å². The van der Waals surface area contributed by atoms with Crippen molar-refractivity contribution in [3.63, 3.8) is 0 Å². The quantitative estimate of drug-likeness (QED) is 0.758. The number of nitrogens with two attached hydrogens (primary N) is 1. The Morgan fingerprint density at radius 1 is 1.25 bits per heavy atom. The fraction of sp³-hybridized carbons (Fsp3) is 0. The zero-order chi connectivity index (χ0) is 14.1. The zero-order valence-electron chi connectivity index (χ0n) is 10.3. The number of hydrogen-bond donors (Lipinski definition) is 2. The molecule has 100 valence electrons. The minimum Gasteiger partial charge on any atom is -0.382 e. The van der Waals surface area contributed by atoms with Crippen LogP contribution < -0.4 is 5.73 Å². The van der Waals surface area contributed by atoms with Gasteiger partial charge in [-0.2, -0.15) is 5.10 Å². The summed E-state index contributed by atoms with van der Waals surface area (Å²) in [5.74, 6) is -0.155. The lowest BCUT2D eigenvalue weighted by atomic mass is 10.0. The molecule has 1 aromatic carbocycles. The molecule has 0 spiro atoms. The summed E-state index contributed by atoms with van der Waals surface area (Å²) in [4.78, 5) is 3.73. The van der Waals surface area contributed by atoms with Crippen LogP contribution >= 0.6 is 11.6 Å². The van der Waals surface area contributed by atoms with Crippen LogP contribution in [0.1, 0.15) is 0 Å².